The van der Waals surface area contributed by atoms with E-state index < -0.39 is 20.5 Å². The molecular weight excluding hydrogens is 448 g/mol. The largest absolute Gasteiger partial charge is 0.494 e. The molecule has 0 aliphatic heterocycles. The molecular formula is C22H24N4O6S. The van der Waals surface area contributed by atoms with E-state index in [4.69, 9.17) is 9.94 Å². The molecule has 1 atom stereocenters. The number of nitrogens with one attached hydrogen (secondary N) is 1. The van der Waals surface area contributed by atoms with Gasteiger partial charge in [0.25, 0.3) is 11.5 Å². The zero-order valence-corrected chi connectivity index (χ0v) is 19.2. The lowest BCUT2D eigenvalue weighted by molar-refractivity contribution is -0.131. The van der Waals surface area contributed by atoms with E-state index in [0.29, 0.717) is 17.1 Å². The molecule has 0 saturated carbocycles. The van der Waals surface area contributed by atoms with Crippen molar-refractivity contribution < 1.29 is 23.2 Å². The van der Waals surface area contributed by atoms with Gasteiger partial charge in [0.1, 0.15) is 0 Å². The lowest BCUT2D eigenvalue weighted by Crippen LogP contribution is -2.49. The smallest absolute Gasteiger partial charge is 0.264 e. The third-order valence-corrected chi connectivity index (χ3v) is 7.59. The summed E-state index contributed by atoms with van der Waals surface area (Å²) < 4.78 is 28.7. The molecule has 3 aromatic rings. The van der Waals surface area contributed by atoms with Crippen LogP contribution in [0.2, 0.25) is 0 Å². The molecule has 0 spiro atoms. The molecule has 33 heavy (non-hydrogen) atoms. The lowest BCUT2D eigenvalue weighted by Gasteiger charge is -2.25. The van der Waals surface area contributed by atoms with Gasteiger partial charge in [0.2, 0.25) is 0 Å². The topological polar surface area (TPSA) is 140 Å². The van der Waals surface area contributed by atoms with Crippen LogP contribution in [0.5, 0.6) is 5.75 Å². The third kappa shape index (κ3) is 5.10. The van der Waals surface area contributed by atoms with Crippen molar-refractivity contribution in [2.45, 2.75) is 24.6 Å². The summed E-state index contributed by atoms with van der Waals surface area (Å²) >= 11 is 0. The minimum Gasteiger partial charge on any atom is -0.494 e. The van der Waals surface area contributed by atoms with Gasteiger partial charge in [-0.05, 0) is 30.5 Å². The van der Waals surface area contributed by atoms with Crippen molar-refractivity contribution in [1.82, 2.24) is 20.0 Å². The van der Waals surface area contributed by atoms with E-state index in [1.165, 1.54) is 36.3 Å². The number of hydrogen-bond acceptors (Lipinski definition) is 8. The second-order valence-electron chi connectivity index (χ2n) is 7.66. The number of methoxy groups -OCH3 is 1. The van der Waals surface area contributed by atoms with Crippen molar-refractivity contribution in [3.8, 4) is 28.3 Å². The van der Waals surface area contributed by atoms with Gasteiger partial charge >= 0.3 is 0 Å². The Labute approximate surface area is 190 Å². The number of sulfone groups is 1. The van der Waals surface area contributed by atoms with Gasteiger partial charge in [0, 0.05) is 30.6 Å². The number of hydrogen-bond donors (Lipinski definition) is 2. The Morgan fingerprint density at radius 1 is 1.12 bits per heavy atom. The van der Waals surface area contributed by atoms with Crippen molar-refractivity contribution in [3.05, 3.63) is 65.3 Å². The van der Waals surface area contributed by atoms with Crippen LogP contribution in [0.3, 0.4) is 0 Å². The van der Waals surface area contributed by atoms with Gasteiger partial charge < -0.3 is 9.30 Å². The summed E-state index contributed by atoms with van der Waals surface area (Å²) in [5.41, 5.74) is 3.33. The molecule has 0 aliphatic rings. The first-order valence-electron chi connectivity index (χ1n) is 9.90. The van der Waals surface area contributed by atoms with E-state index in [1.807, 2.05) is 24.3 Å². The number of rotatable bonds is 8. The molecule has 0 radical (unpaired) electrons. The summed E-state index contributed by atoms with van der Waals surface area (Å²) in [5, 5.41) is 8.92. The maximum atomic E-state index is 12.6. The highest BCUT2D eigenvalue weighted by molar-refractivity contribution is 7.92. The summed E-state index contributed by atoms with van der Waals surface area (Å²) in [6.07, 6.45) is 5.42. The molecule has 0 unspecified atom stereocenters. The van der Waals surface area contributed by atoms with Crippen LogP contribution in [-0.2, 0) is 21.2 Å². The molecule has 174 valence electrons. The van der Waals surface area contributed by atoms with Crippen LogP contribution in [0.25, 0.3) is 22.5 Å². The second kappa shape index (κ2) is 9.51. The van der Waals surface area contributed by atoms with Gasteiger partial charge in [-0.2, -0.15) is 0 Å². The molecule has 11 heteroatoms. The van der Waals surface area contributed by atoms with Crippen molar-refractivity contribution in [3.63, 3.8) is 0 Å². The number of nitrogens with zero attached hydrogens (tertiary/aromatic N) is 3. The molecule has 1 aromatic carbocycles. The molecule has 0 bridgehead atoms. The van der Waals surface area contributed by atoms with E-state index in [9.17, 15) is 18.0 Å². The molecule has 0 fully saturated rings. The highest BCUT2D eigenvalue weighted by Gasteiger charge is 2.43. The van der Waals surface area contributed by atoms with Crippen molar-refractivity contribution in [1.29, 1.82) is 0 Å². The maximum absolute atomic E-state index is 12.6. The summed E-state index contributed by atoms with van der Waals surface area (Å²) in [6, 6.07) is 10.5. The number of amides is 1. The minimum atomic E-state index is -3.85. The Morgan fingerprint density at radius 3 is 2.24 bits per heavy atom. The van der Waals surface area contributed by atoms with E-state index in [1.54, 1.807) is 18.5 Å². The van der Waals surface area contributed by atoms with Crippen LogP contribution in [-0.4, -0.2) is 52.2 Å². The predicted molar refractivity (Wildman–Crippen MR) is 122 cm³/mol. The summed E-state index contributed by atoms with van der Waals surface area (Å²) in [5.74, 6) is 0.0546. The van der Waals surface area contributed by atoms with Crippen LogP contribution in [0, 0.1) is 0 Å². The number of carbonyl (C=O) groups is 1. The lowest BCUT2D eigenvalue weighted by atomic mass is 10.0. The minimum absolute atomic E-state index is 0.0240. The Hall–Kier alpha value is -3.57. The zero-order valence-electron chi connectivity index (χ0n) is 18.3. The van der Waals surface area contributed by atoms with Gasteiger partial charge in [0.05, 0.1) is 19.5 Å². The van der Waals surface area contributed by atoms with Gasteiger partial charge in [-0.15, -0.1) is 0 Å². The first-order valence-corrected chi connectivity index (χ1v) is 11.8. The third-order valence-electron chi connectivity index (χ3n) is 5.57. The number of aryl methyl sites for hydroxylation is 1. The van der Waals surface area contributed by atoms with Gasteiger partial charge in [-0.1, -0.05) is 24.3 Å². The normalized spacial score (nSPS) is 13.2. The highest BCUT2D eigenvalue weighted by Crippen LogP contribution is 2.24. The van der Waals surface area contributed by atoms with E-state index in [-0.39, 0.29) is 18.5 Å². The number of carbonyl (C=O) groups excluding carboxylic acids is 1. The quantitative estimate of drug-likeness (QED) is 0.373. The first kappa shape index (κ1) is 24.1. The predicted octanol–water partition coefficient (Wildman–Crippen LogP) is 1.68. The van der Waals surface area contributed by atoms with Crippen molar-refractivity contribution in [2.24, 2.45) is 0 Å². The van der Waals surface area contributed by atoms with E-state index in [2.05, 4.69) is 9.97 Å². The van der Waals surface area contributed by atoms with Crippen molar-refractivity contribution in [2.75, 3.05) is 13.4 Å². The maximum Gasteiger partial charge on any atom is 0.264 e. The monoisotopic (exact) mass is 472 g/mol. The van der Waals surface area contributed by atoms with Gasteiger partial charge in [-0.3, -0.25) is 14.8 Å². The summed E-state index contributed by atoms with van der Waals surface area (Å²) in [6.45, 7) is 1.19. The van der Waals surface area contributed by atoms with Crippen LogP contribution in [0.15, 0.2) is 59.8 Å². The number of pyridine rings is 1. The molecule has 3 rings (SSSR count). The van der Waals surface area contributed by atoms with Crippen LogP contribution in [0.4, 0.5) is 0 Å². The summed E-state index contributed by atoms with van der Waals surface area (Å²) in [7, 11) is -2.31. The Balaban J connectivity index is 1.79. The fourth-order valence-corrected chi connectivity index (χ4v) is 4.02. The Kier molecular flexibility index (Phi) is 6.94. The van der Waals surface area contributed by atoms with Gasteiger partial charge in [0.15, 0.2) is 26.2 Å². The second-order valence-corrected chi connectivity index (χ2v) is 10.1. The van der Waals surface area contributed by atoms with E-state index >= 15 is 0 Å². The molecule has 10 nitrogen and oxygen atoms in total. The van der Waals surface area contributed by atoms with Crippen LogP contribution >= 0.6 is 0 Å². The Morgan fingerprint density at radius 2 is 1.73 bits per heavy atom. The molecule has 2 aromatic heterocycles. The standard InChI is InChI=1S/C22H24N4O6S/c1-22(21(28)25-29,33(3,30)31)9-11-26-10-8-17(12-19(26)27)15-4-6-16(7-5-15)20-23-13-18(32-2)14-24-20/h4-8,10,12-14,29H,9,11H2,1-3H3,(H,25,28)/t22-/m1/s1. The zero-order chi connectivity index (χ0) is 24.2. The molecule has 2 heterocycles. The summed E-state index contributed by atoms with van der Waals surface area (Å²) in [4.78, 5) is 33.0. The molecule has 2 N–H and O–H groups in total. The fraction of sp³-hybridized carbons (Fsp3) is 0.273. The number of hydroxylamine groups is 1. The average Bonchev–Trinajstić information content (AvgIpc) is 2.82. The SMILES string of the molecule is COc1cnc(-c2ccc(-c3ccn(CC[C@](C)(C(=O)NO)S(C)(=O)=O)c(=O)c3)cc2)nc1. The van der Waals surface area contributed by atoms with Crippen molar-refractivity contribution >= 4 is 15.7 Å². The first-order chi connectivity index (χ1) is 15.6. The van der Waals surface area contributed by atoms with Gasteiger partial charge in [-0.25, -0.2) is 23.9 Å². The average molecular weight is 473 g/mol. The molecule has 1 amide bonds. The Bertz CT molecular complexity index is 1300. The van der Waals surface area contributed by atoms with E-state index in [0.717, 1.165) is 17.4 Å². The molecule has 0 saturated heterocycles. The fourth-order valence-electron chi connectivity index (χ4n) is 3.17. The number of aromatic nitrogens is 3. The highest BCUT2D eigenvalue weighted by atomic mass is 32.2. The number of benzene rings is 1. The van der Waals surface area contributed by atoms with Crippen LogP contribution < -0.4 is 15.8 Å². The van der Waals surface area contributed by atoms with Crippen LogP contribution in [0.1, 0.15) is 13.3 Å². The molecule has 0 aliphatic carbocycles. The number of ether oxygens (including phenoxy) is 1.